The van der Waals surface area contributed by atoms with Gasteiger partial charge in [-0.3, -0.25) is 0 Å². The van der Waals surface area contributed by atoms with Crippen molar-refractivity contribution in [2.45, 2.75) is 6.42 Å². The Hall–Kier alpha value is -1.45. The summed E-state index contributed by atoms with van der Waals surface area (Å²) in [5.74, 6) is -1.65. The molecule has 0 aromatic heterocycles. The molecule has 0 unspecified atom stereocenters. The molecule has 0 amide bonds. The van der Waals surface area contributed by atoms with Gasteiger partial charge in [0.15, 0.2) is 11.6 Å². The zero-order chi connectivity index (χ0) is 9.68. The lowest BCUT2D eigenvalue weighted by Gasteiger charge is -2.03. The molecule has 0 aliphatic rings. The fraction of sp³-hybridized carbons (Fsp3) is 0.222. The number of rotatable bonds is 4. The van der Waals surface area contributed by atoms with E-state index in [2.05, 4.69) is 0 Å². The molecule has 2 nitrogen and oxygen atoms in total. The molecule has 13 heavy (non-hydrogen) atoms. The van der Waals surface area contributed by atoms with E-state index in [1.807, 2.05) is 0 Å². The minimum Gasteiger partial charge on any atom is -0.493 e. The Morgan fingerprint density at radius 3 is 2.69 bits per heavy atom. The minimum atomic E-state index is -0.955. The van der Waals surface area contributed by atoms with Gasteiger partial charge >= 0.3 is 0 Å². The Kier molecular flexibility index (Phi) is 3.37. The molecule has 1 aromatic carbocycles. The Balaban J connectivity index is 2.57. The highest BCUT2D eigenvalue weighted by Crippen LogP contribution is 2.15. The number of hydrogen-bond donors (Lipinski definition) is 0. The van der Waals surface area contributed by atoms with Crippen LogP contribution in [0.4, 0.5) is 8.78 Å². The van der Waals surface area contributed by atoms with Gasteiger partial charge in [-0.2, -0.15) is 0 Å². The van der Waals surface area contributed by atoms with E-state index < -0.39 is 11.6 Å². The average Bonchev–Trinajstić information content (AvgIpc) is 2.12. The first-order chi connectivity index (χ1) is 6.24. The standard InChI is InChI=1S/C9H8F2O2/c10-8-3-2-7(6-9(8)11)13-5-1-4-12/h2-4,6H,1,5H2. The highest BCUT2D eigenvalue weighted by Gasteiger charge is 2.02. The van der Waals surface area contributed by atoms with Crippen molar-refractivity contribution in [3.63, 3.8) is 0 Å². The average molecular weight is 186 g/mol. The molecule has 0 atom stereocenters. The van der Waals surface area contributed by atoms with Crippen molar-refractivity contribution in [1.29, 1.82) is 0 Å². The quantitative estimate of drug-likeness (QED) is 0.530. The number of ether oxygens (including phenoxy) is 1. The van der Waals surface area contributed by atoms with Gasteiger partial charge in [-0.05, 0) is 12.1 Å². The molecule has 0 bridgehead atoms. The summed E-state index contributed by atoms with van der Waals surface area (Å²) in [7, 11) is 0. The zero-order valence-corrected chi connectivity index (χ0v) is 6.80. The summed E-state index contributed by atoms with van der Waals surface area (Å²) >= 11 is 0. The third kappa shape index (κ3) is 2.82. The molecule has 1 rings (SSSR count). The number of benzene rings is 1. The van der Waals surface area contributed by atoms with Crippen LogP contribution in [0.25, 0.3) is 0 Å². The van der Waals surface area contributed by atoms with E-state index in [0.29, 0.717) is 6.29 Å². The third-order valence-corrected chi connectivity index (χ3v) is 1.40. The Morgan fingerprint density at radius 1 is 1.31 bits per heavy atom. The van der Waals surface area contributed by atoms with E-state index in [1.165, 1.54) is 6.07 Å². The Bertz CT molecular complexity index is 300. The monoisotopic (exact) mass is 186 g/mol. The normalized spacial score (nSPS) is 9.69. The number of carbonyl (C=O) groups is 1. The van der Waals surface area contributed by atoms with Gasteiger partial charge in [0.1, 0.15) is 12.0 Å². The van der Waals surface area contributed by atoms with Gasteiger partial charge in [-0.15, -0.1) is 0 Å². The summed E-state index contributed by atoms with van der Waals surface area (Å²) < 4.78 is 29.9. The number of halogens is 2. The first-order valence-corrected chi connectivity index (χ1v) is 3.75. The summed E-state index contributed by atoms with van der Waals surface area (Å²) in [6, 6.07) is 3.23. The maximum absolute atomic E-state index is 12.6. The molecule has 0 fully saturated rings. The van der Waals surface area contributed by atoms with Gasteiger partial charge in [0.25, 0.3) is 0 Å². The molecule has 4 heteroatoms. The van der Waals surface area contributed by atoms with E-state index in [0.717, 1.165) is 12.1 Å². The van der Waals surface area contributed by atoms with Gasteiger partial charge in [0.05, 0.1) is 6.61 Å². The van der Waals surface area contributed by atoms with E-state index >= 15 is 0 Å². The topological polar surface area (TPSA) is 26.3 Å². The van der Waals surface area contributed by atoms with Gasteiger partial charge in [-0.1, -0.05) is 0 Å². The first kappa shape index (κ1) is 9.64. The largest absolute Gasteiger partial charge is 0.493 e. The third-order valence-electron chi connectivity index (χ3n) is 1.40. The van der Waals surface area contributed by atoms with Crippen LogP contribution in [-0.2, 0) is 4.79 Å². The van der Waals surface area contributed by atoms with Crippen LogP contribution in [0.15, 0.2) is 18.2 Å². The second-order valence-corrected chi connectivity index (χ2v) is 2.38. The molecule has 0 saturated heterocycles. The highest BCUT2D eigenvalue weighted by molar-refractivity contribution is 5.49. The summed E-state index contributed by atoms with van der Waals surface area (Å²) in [6.45, 7) is 0.175. The molecule has 0 aliphatic carbocycles. The maximum Gasteiger partial charge on any atom is 0.162 e. The van der Waals surface area contributed by atoms with Crippen molar-refractivity contribution in [1.82, 2.24) is 0 Å². The highest BCUT2D eigenvalue weighted by atomic mass is 19.2. The Labute approximate surface area is 74.1 Å². The van der Waals surface area contributed by atoms with E-state index in [1.54, 1.807) is 0 Å². The van der Waals surface area contributed by atoms with Crippen molar-refractivity contribution >= 4 is 6.29 Å². The predicted octanol–water partition coefficient (Wildman–Crippen LogP) is 1.93. The molecular formula is C9H8F2O2. The SMILES string of the molecule is O=CCCOc1ccc(F)c(F)c1. The number of aldehydes is 1. The van der Waals surface area contributed by atoms with Crippen molar-refractivity contribution in [3.05, 3.63) is 29.8 Å². The molecule has 0 N–H and O–H groups in total. The fourth-order valence-corrected chi connectivity index (χ4v) is 0.792. The molecule has 0 saturated carbocycles. The molecule has 0 spiro atoms. The van der Waals surface area contributed by atoms with Gasteiger partial charge < -0.3 is 9.53 Å². The van der Waals surface area contributed by atoms with E-state index in [-0.39, 0.29) is 18.8 Å². The summed E-state index contributed by atoms with van der Waals surface area (Å²) in [6.07, 6.45) is 0.929. The van der Waals surface area contributed by atoms with Crippen molar-refractivity contribution < 1.29 is 18.3 Å². The lowest BCUT2D eigenvalue weighted by atomic mass is 10.3. The number of carbonyl (C=O) groups excluding carboxylic acids is 1. The van der Waals surface area contributed by atoms with E-state index in [4.69, 9.17) is 4.74 Å². The van der Waals surface area contributed by atoms with Crippen molar-refractivity contribution in [2.75, 3.05) is 6.61 Å². The summed E-state index contributed by atoms with van der Waals surface area (Å²) in [4.78, 5) is 9.90. The molecular weight excluding hydrogens is 178 g/mol. The molecule has 0 radical (unpaired) electrons. The van der Waals surface area contributed by atoms with Crippen LogP contribution < -0.4 is 4.74 Å². The van der Waals surface area contributed by atoms with Crippen LogP contribution in [0.5, 0.6) is 5.75 Å². The van der Waals surface area contributed by atoms with Crippen LogP contribution in [0.1, 0.15) is 6.42 Å². The smallest absolute Gasteiger partial charge is 0.162 e. The lowest BCUT2D eigenvalue weighted by molar-refractivity contribution is -0.108. The predicted molar refractivity (Wildman–Crippen MR) is 42.5 cm³/mol. The van der Waals surface area contributed by atoms with Crippen LogP contribution in [0.2, 0.25) is 0 Å². The van der Waals surface area contributed by atoms with Gasteiger partial charge in [0.2, 0.25) is 0 Å². The lowest BCUT2D eigenvalue weighted by Crippen LogP contribution is -1.98. The zero-order valence-electron chi connectivity index (χ0n) is 6.80. The van der Waals surface area contributed by atoms with Crippen LogP contribution in [0, 0.1) is 11.6 Å². The van der Waals surface area contributed by atoms with Crippen molar-refractivity contribution in [2.24, 2.45) is 0 Å². The van der Waals surface area contributed by atoms with Gasteiger partial charge in [0, 0.05) is 12.5 Å². The van der Waals surface area contributed by atoms with Crippen LogP contribution in [0.3, 0.4) is 0 Å². The molecule has 1 aromatic rings. The first-order valence-electron chi connectivity index (χ1n) is 3.75. The van der Waals surface area contributed by atoms with Crippen molar-refractivity contribution in [3.8, 4) is 5.75 Å². The molecule has 70 valence electrons. The van der Waals surface area contributed by atoms with Gasteiger partial charge in [-0.25, -0.2) is 8.78 Å². The molecule has 0 heterocycles. The van der Waals surface area contributed by atoms with Crippen LogP contribution in [-0.4, -0.2) is 12.9 Å². The second-order valence-electron chi connectivity index (χ2n) is 2.38. The second kappa shape index (κ2) is 4.54. The Morgan fingerprint density at radius 2 is 2.08 bits per heavy atom. The number of hydrogen-bond acceptors (Lipinski definition) is 2. The van der Waals surface area contributed by atoms with Crippen LogP contribution >= 0.6 is 0 Å². The maximum atomic E-state index is 12.6. The van der Waals surface area contributed by atoms with E-state index in [9.17, 15) is 13.6 Å². The summed E-state index contributed by atoms with van der Waals surface area (Å²) in [5.41, 5.74) is 0. The fourth-order valence-electron chi connectivity index (χ4n) is 0.792. The summed E-state index contributed by atoms with van der Waals surface area (Å²) in [5, 5.41) is 0. The minimum absolute atomic E-state index is 0.175. The molecule has 0 aliphatic heterocycles.